The topological polar surface area (TPSA) is 129 Å². The van der Waals surface area contributed by atoms with Crippen LogP contribution in [0.25, 0.3) is 0 Å². The average molecular weight is 356 g/mol. The summed E-state index contributed by atoms with van der Waals surface area (Å²) >= 11 is 3.19. The number of nitriles is 1. The van der Waals surface area contributed by atoms with Gasteiger partial charge in [-0.25, -0.2) is 9.59 Å². The molecule has 0 heterocycles. The average Bonchev–Trinajstić information content (AvgIpc) is 2.40. The fraction of sp³-hybridized carbons (Fsp3) is 0.167. The van der Waals surface area contributed by atoms with E-state index in [1.807, 2.05) is 11.4 Å². The van der Waals surface area contributed by atoms with Gasteiger partial charge in [0.05, 0.1) is 11.3 Å². The number of ether oxygens (including phenoxy) is 1. The molecule has 1 rings (SSSR count). The molecule has 9 heteroatoms. The number of carboxylic acids is 1. The summed E-state index contributed by atoms with van der Waals surface area (Å²) in [5, 5.41) is 21.5. The standard InChI is InChI=1S/C12H10BrN3O5/c13-8-1-2-9(7(3-8)4-14)15-12(20)16-10(17)5-21-6-11(18)19/h1-3H,5-6H2,(H,18,19)(H2,15,16,17,20). The summed E-state index contributed by atoms with van der Waals surface area (Å²) in [6.07, 6.45) is 0. The first-order valence-electron chi connectivity index (χ1n) is 5.52. The van der Waals surface area contributed by atoms with E-state index in [1.54, 1.807) is 6.07 Å². The Hall–Kier alpha value is -2.44. The lowest BCUT2D eigenvalue weighted by atomic mass is 10.2. The molecule has 0 radical (unpaired) electrons. The summed E-state index contributed by atoms with van der Waals surface area (Å²) in [7, 11) is 0. The Kier molecular flexibility index (Phi) is 6.32. The van der Waals surface area contributed by atoms with Crippen molar-refractivity contribution in [3.05, 3.63) is 28.2 Å². The monoisotopic (exact) mass is 355 g/mol. The van der Waals surface area contributed by atoms with Crippen LogP contribution in [0.5, 0.6) is 0 Å². The fourth-order valence-corrected chi connectivity index (χ4v) is 1.63. The van der Waals surface area contributed by atoms with Crippen LogP contribution in [0.3, 0.4) is 0 Å². The second-order valence-corrected chi connectivity index (χ2v) is 4.61. The molecule has 0 aromatic heterocycles. The highest BCUT2D eigenvalue weighted by atomic mass is 79.9. The van der Waals surface area contributed by atoms with E-state index < -0.39 is 31.1 Å². The number of nitrogens with one attached hydrogen (secondary N) is 2. The summed E-state index contributed by atoms with van der Waals surface area (Å²) in [5.74, 6) is -2.02. The lowest BCUT2D eigenvalue weighted by Gasteiger charge is -2.08. The van der Waals surface area contributed by atoms with E-state index in [0.29, 0.717) is 4.47 Å². The zero-order valence-electron chi connectivity index (χ0n) is 10.6. The fourth-order valence-electron chi connectivity index (χ4n) is 1.27. The van der Waals surface area contributed by atoms with Crippen molar-refractivity contribution in [2.75, 3.05) is 18.5 Å². The number of halogens is 1. The summed E-state index contributed by atoms with van der Waals surface area (Å²) in [6, 6.07) is 5.67. The smallest absolute Gasteiger partial charge is 0.329 e. The highest BCUT2D eigenvalue weighted by Gasteiger charge is 2.11. The maximum absolute atomic E-state index is 11.5. The Morgan fingerprint density at radius 3 is 2.67 bits per heavy atom. The Bertz CT molecular complexity index is 611. The number of carbonyl (C=O) groups excluding carboxylic acids is 2. The van der Waals surface area contributed by atoms with Crippen LogP contribution in [-0.2, 0) is 14.3 Å². The van der Waals surface area contributed by atoms with E-state index in [1.165, 1.54) is 12.1 Å². The Morgan fingerprint density at radius 2 is 2.05 bits per heavy atom. The second-order valence-electron chi connectivity index (χ2n) is 3.69. The quantitative estimate of drug-likeness (QED) is 0.724. The molecule has 21 heavy (non-hydrogen) atoms. The van der Waals surface area contributed by atoms with Gasteiger partial charge in [-0.05, 0) is 18.2 Å². The second kappa shape index (κ2) is 7.98. The van der Waals surface area contributed by atoms with Crippen LogP contribution in [0.4, 0.5) is 10.5 Å². The number of carbonyl (C=O) groups is 3. The van der Waals surface area contributed by atoms with Gasteiger partial charge < -0.3 is 15.2 Å². The predicted octanol–water partition coefficient (Wildman–Crippen LogP) is 1.07. The van der Waals surface area contributed by atoms with E-state index in [-0.39, 0.29) is 11.3 Å². The van der Waals surface area contributed by atoms with Crippen molar-refractivity contribution >= 4 is 39.5 Å². The third-order valence-electron chi connectivity index (χ3n) is 2.06. The summed E-state index contributed by atoms with van der Waals surface area (Å²) in [6.45, 7) is -1.20. The van der Waals surface area contributed by atoms with Gasteiger partial charge in [-0.1, -0.05) is 15.9 Å². The molecule has 0 bridgehead atoms. The van der Waals surface area contributed by atoms with Gasteiger partial charge in [0.25, 0.3) is 5.91 Å². The minimum Gasteiger partial charge on any atom is -0.480 e. The molecule has 0 saturated heterocycles. The third-order valence-corrected chi connectivity index (χ3v) is 2.56. The number of imide groups is 1. The van der Waals surface area contributed by atoms with E-state index in [0.717, 1.165) is 0 Å². The Labute approximate surface area is 127 Å². The van der Waals surface area contributed by atoms with Crippen molar-refractivity contribution in [3.63, 3.8) is 0 Å². The van der Waals surface area contributed by atoms with Crippen molar-refractivity contribution in [3.8, 4) is 6.07 Å². The van der Waals surface area contributed by atoms with Gasteiger partial charge in [0.1, 0.15) is 19.3 Å². The van der Waals surface area contributed by atoms with Crippen LogP contribution in [0, 0.1) is 11.3 Å². The van der Waals surface area contributed by atoms with Crippen LogP contribution in [0.15, 0.2) is 22.7 Å². The van der Waals surface area contributed by atoms with Crippen LogP contribution < -0.4 is 10.6 Å². The highest BCUT2D eigenvalue weighted by Crippen LogP contribution is 2.19. The van der Waals surface area contributed by atoms with Gasteiger partial charge in [0.2, 0.25) is 0 Å². The van der Waals surface area contributed by atoms with Crippen molar-refractivity contribution in [1.29, 1.82) is 5.26 Å². The van der Waals surface area contributed by atoms with E-state index in [4.69, 9.17) is 10.4 Å². The van der Waals surface area contributed by atoms with Gasteiger partial charge >= 0.3 is 12.0 Å². The summed E-state index contributed by atoms with van der Waals surface area (Å²) in [5.41, 5.74) is 0.451. The summed E-state index contributed by atoms with van der Waals surface area (Å²) < 4.78 is 5.19. The number of hydrogen-bond donors (Lipinski definition) is 3. The molecule has 3 N–H and O–H groups in total. The number of aliphatic carboxylic acids is 1. The molecule has 3 amide bonds. The molecule has 0 unspecified atom stereocenters. The largest absolute Gasteiger partial charge is 0.480 e. The van der Waals surface area contributed by atoms with Gasteiger partial charge in [0.15, 0.2) is 0 Å². The molecule has 1 aromatic carbocycles. The highest BCUT2D eigenvalue weighted by molar-refractivity contribution is 9.10. The van der Waals surface area contributed by atoms with E-state index in [9.17, 15) is 14.4 Å². The van der Waals surface area contributed by atoms with Gasteiger partial charge in [-0.2, -0.15) is 5.26 Å². The maximum Gasteiger partial charge on any atom is 0.329 e. The normalized spacial score (nSPS) is 9.52. The number of urea groups is 1. The number of hydrogen-bond acceptors (Lipinski definition) is 5. The first kappa shape index (κ1) is 16.6. The van der Waals surface area contributed by atoms with Gasteiger partial charge in [-0.3, -0.25) is 10.1 Å². The first-order valence-corrected chi connectivity index (χ1v) is 6.31. The minimum atomic E-state index is -1.22. The first-order chi connectivity index (χ1) is 9.92. The maximum atomic E-state index is 11.5. The van der Waals surface area contributed by atoms with Crippen molar-refractivity contribution in [2.45, 2.75) is 0 Å². The molecule has 8 nitrogen and oxygen atoms in total. The van der Waals surface area contributed by atoms with Gasteiger partial charge in [-0.15, -0.1) is 0 Å². The van der Waals surface area contributed by atoms with Gasteiger partial charge in [0, 0.05) is 4.47 Å². The molecule has 0 spiro atoms. The van der Waals surface area contributed by atoms with E-state index >= 15 is 0 Å². The number of benzene rings is 1. The van der Waals surface area contributed by atoms with Crippen molar-refractivity contribution < 1.29 is 24.2 Å². The lowest BCUT2D eigenvalue weighted by Crippen LogP contribution is -2.37. The molecule has 0 fully saturated rings. The Morgan fingerprint density at radius 1 is 1.33 bits per heavy atom. The SMILES string of the molecule is N#Cc1cc(Br)ccc1NC(=O)NC(=O)COCC(=O)O. The van der Waals surface area contributed by atoms with Crippen LogP contribution >= 0.6 is 15.9 Å². The number of nitrogens with zero attached hydrogens (tertiary/aromatic N) is 1. The molecule has 0 aliphatic carbocycles. The number of anilines is 1. The van der Waals surface area contributed by atoms with Crippen LogP contribution in [0.2, 0.25) is 0 Å². The molecule has 110 valence electrons. The number of amides is 3. The molecule has 0 aliphatic rings. The molecule has 1 aromatic rings. The zero-order chi connectivity index (χ0) is 15.8. The van der Waals surface area contributed by atoms with Crippen molar-refractivity contribution in [2.24, 2.45) is 0 Å². The molecular weight excluding hydrogens is 346 g/mol. The molecule has 0 aliphatic heterocycles. The van der Waals surface area contributed by atoms with Crippen LogP contribution in [-0.4, -0.2) is 36.2 Å². The Balaban J connectivity index is 2.52. The molecule has 0 atom stereocenters. The van der Waals surface area contributed by atoms with Crippen LogP contribution in [0.1, 0.15) is 5.56 Å². The summed E-state index contributed by atoms with van der Waals surface area (Å²) in [4.78, 5) is 33.0. The molecular formula is C12H10BrN3O5. The minimum absolute atomic E-state index is 0.217. The predicted molar refractivity (Wildman–Crippen MR) is 74.5 cm³/mol. The zero-order valence-corrected chi connectivity index (χ0v) is 12.1. The molecule has 0 saturated carbocycles. The van der Waals surface area contributed by atoms with E-state index in [2.05, 4.69) is 26.0 Å². The number of rotatable bonds is 5. The third kappa shape index (κ3) is 6.03. The van der Waals surface area contributed by atoms with Crippen molar-refractivity contribution in [1.82, 2.24) is 5.32 Å². The number of carboxylic acid groups (broad SMARTS) is 1. The lowest BCUT2D eigenvalue weighted by molar-refractivity contribution is -0.143.